The first-order chi connectivity index (χ1) is 10.8. The van der Waals surface area contributed by atoms with E-state index in [-0.39, 0.29) is 6.04 Å². The zero-order valence-electron chi connectivity index (χ0n) is 12.0. The van der Waals surface area contributed by atoms with Crippen molar-refractivity contribution in [2.45, 2.75) is 6.04 Å². The third-order valence-electron chi connectivity index (χ3n) is 3.98. The van der Waals surface area contributed by atoms with Crippen molar-refractivity contribution < 1.29 is 4.74 Å². The number of hydrogen-bond donors (Lipinski definition) is 2. The number of ether oxygens (including phenoxy) is 1. The van der Waals surface area contributed by atoms with Crippen molar-refractivity contribution in [1.82, 2.24) is 15.3 Å². The van der Waals surface area contributed by atoms with Crippen LogP contribution in [-0.2, 0) is 4.74 Å². The standard InChI is InChI=1S/C17H16ClN3O/c18-14-6-12(5-13(7-14)17-10-22-4-3-20-17)16-8-15-11(9-21-16)1-2-19-15/h1-2,5-9,17,19-20H,3-4,10H2. The number of halogens is 1. The molecule has 5 heteroatoms. The summed E-state index contributed by atoms with van der Waals surface area (Å²) in [4.78, 5) is 7.76. The lowest BCUT2D eigenvalue weighted by atomic mass is 10.0. The maximum Gasteiger partial charge on any atom is 0.0723 e. The number of morpholine rings is 1. The molecule has 0 spiro atoms. The number of pyridine rings is 1. The van der Waals surface area contributed by atoms with Crippen LogP contribution < -0.4 is 5.32 Å². The maximum atomic E-state index is 6.31. The highest BCUT2D eigenvalue weighted by atomic mass is 35.5. The number of nitrogens with zero attached hydrogens (tertiary/aromatic N) is 1. The summed E-state index contributed by atoms with van der Waals surface area (Å²) in [5.74, 6) is 0. The predicted octanol–water partition coefficient (Wildman–Crippen LogP) is 3.54. The van der Waals surface area contributed by atoms with Crippen LogP contribution in [-0.4, -0.2) is 29.7 Å². The number of fused-ring (bicyclic) bond motifs is 1. The Labute approximate surface area is 133 Å². The Balaban J connectivity index is 1.75. The van der Waals surface area contributed by atoms with Crippen molar-refractivity contribution in [1.29, 1.82) is 0 Å². The summed E-state index contributed by atoms with van der Waals surface area (Å²) in [6.45, 7) is 2.29. The third kappa shape index (κ3) is 2.61. The highest BCUT2D eigenvalue weighted by Crippen LogP contribution is 2.28. The van der Waals surface area contributed by atoms with E-state index in [1.807, 2.05) is 30.6 Å². The highest BCUT2D eigenvalue weighted by Gasteiger charge is 2.17. The van der Waals surface area contributed by atoms with Gasteiger partial charge in [-0.25, -0.2) is 0 Å². The Morgan fingerprint density at radius 2 is 2.18 bits per heavy atom. The van der Waals surface area contributed by atoms with Crippen LogP contribution in [0.15, 0.2) is 42.7 Å². The molecule has 1 fully saturated rings. The monoisotopic (exact) mass is 313 g/mol. The predicted molar refractivity (Wildman–Crippen MR) is 88.1 cm³/mol. The molecule has 1 aromatic carbocycles. The second kappa shape index (κ2) is 5.72. The van der Waals surface area contributed by atoms with E-state index in [1.54, 1.807) is 0 Å². The first-order valence-corrected chi connectivity index (χ1v) is 7.72. The Hall–Kier alpha value is -1.88. The molecule has 2 aromatic heterocycles. The minimum atomic E-state index is 0.181. The van der Waals surface area contributed by atoms with Gasteiger partial charge in [-0.15, -0.1) is 0 Å². The zero-order chi connectivity index (χ0) is 14.9. The fraction of sp³-hybridized carbons (Fsp3) is 0.235. The van der Waals surface area contributed by atoms with Crippen molar-refractivity contribution in [3.8, 4) is 11.3 Å². The van der Waals surface area contributed by atoms with Crippen molar-refractivity contribution >= 4 is 22.5 Å². The van der Waals surface area contributed by atoms with E-state index >= 15 is 0 Å². The van der Waals surface area contributed by atoms with Gasteiger partial charge in [0.1, 0.15) is 0 Å². The van der Waals surface area contributed by atoms with Crippen molar-refractivity contribution in [3.05, 3.63) is 53.3 Å². The van der Waals surface area contributed by atoms with Crippen LogP contribution in [0.5, 0.6) is 0 Å². The van der Waals surface area contributed by atoms with Crippen molar-refractivity contribution in [3.63, 3.8) is 0 Å². The molecule has 0 aliphatic carbocycles. The molecule has 1 aliphatic rings. The fourth-order valence-corrected chi connectivity index (χ4v) is 3.09. The van der Waals surface area contributed by atoms with Crippen LogP contribution in [0.2, 0.25) is 5.02 Å². The van der Waals surface area contributed by atoms with Crippen LogP contribution >= 0.6 is 11.6 Å². The molecule has 1 aliphatic heterocycles. The van der Waals surface area contributed by atoms with Gasteiger partial charge in [-0.1, -0.05) is 11.6 Å². The Morgan fingerprint density at radius 3 is 3.05 bits per heavy atom. The lowest BCUT2D eigenvalue weighted by molar-refractivity contribution is 0.0769. The SMILES string of the molecule is Clc1cc(-c2cc3[nH]ccc3cn2)cc(C2COCCN2)c1. The summed E-state index contributed by atoms with van der Waals surface area (Å²) < 4.78 is 5.54. The van der Waals surface area contributed by atoms with E-state index in [9.17, 15) is 0 Å². The van der Waals surface area contributed by atoms with Gasteiger partial charge in [-0.05, 0) is 35.9 Å². The van der Waals surface area contributed by atoms with Gasteiger partial charge in [-0.3, -0.25) is 4.98 Å². The number of aromatic nitrogens is 2. The Kier molecular flexibility index (Phi) is 3.58. The number of benzene rings is 1. The molecule has 1 unspecified atom stereocenters. The van der Waals surface area contributed by atoms with E-state index < -0.39 is 0 Å². The molecular formula is C17H16ClN3O. The summed E-state index contributed by atoms with van der Waals surface area (Å²) in [5, 5.41) is 5.28. The van der Waals surface area contributed by atoms with Gasteiger partial charge in [0.25, 0.3) is 0 Å². The number of hydrogen-bond acceptors (Lipinski definition) is 3. The summed E-state index contributed by atoms with van der Waals surface area (Å²) >= 11 is 6.31. The summed E-state index contributed by atoms with van der Waals surface area (Å²) in [6.07, 6.45) is 3.80. The van der Waals surface area contributed by atoms with E-state index in [1.165, 1.54) is 0 Å². The van der Waals surface area contributed by atoms with Gasteiger partial charge >= 0.3 is 0 Å². The first-order valence-electron chi connectivity index (χ1n) is 7.35. The molecular weight excluding hydrogens is 298 g/mol. The Morgan fingerprint density at radius 1 is 1.23 bits per heavy atom. The second-order valence-electron chi connectivity index (χ2n) is 5.49. The van der Waals surface area contributed by atoms with Gasteiger partial charge in [0, 0.05) is 40.4 Å². The van der Waals surface area contributed by atoms with Gasteiger partial charge in [0.2, 0.25) is 0 Å². The van der Waals surface area contributed by atoms with E-state index in [2.05, 4.69) is 27.4 Å². The molecule has 22 heavy (non-hydrogen) atoms. The number of aromatic amines is 1. The fourth-order valence-electron chi connectivity index (χ4n) is 2.84. The molecule has 1 saturated heterocycles. The Bertz CT molecular complexity index is 809. The first kappa shape index (κ1) is 13.8. The van der Waals surface area contributed by atoms with Crippen molar-refractivity contribution in [2.75, 3.05) is 19.8 Å². The van der Waals surface area contributed by atoms with Crippen LogP contribution in [0.4, 0.5) is 0 Å². The quantitative estimate of drug-likeness (QED) is 0.761. The van der Waals surface area contributed by atoms with E-state index in [4.69, 9.17) is 16.3 Å². The lowest BCUT2D eigenvalue weighted by Gasteiger charge is -2.24. The topological polar surface area (TPSA) is 49.9 Å². The lowest BCUT2D eigenvalue weighted by Crippen LogP contribution is -2.34. The molecule has 112 valence electrons. The van der Waals surface area contributed by atoms with Crippen LogP contribution in [0, 0.1) is 0 Å². The van der Waals surface area contributed by atoms with E-state index in [0.29, 0.717) is 11.6 Å². The zero-order valence-corrected chi connectivity index (χ0v) is 12.7. The van der Waals surface area contributed by atoms with Crippen LogP contribution in [0.3, 0.4) is 0 Å². The molecule has 0 bridgehead atoms. The molecule has 2 N–H and O–H groups in total. The smallest absolute Gasteiger partial charge is 0.0723 e. The summed E-state index contributed by atoms with van der Waals surface area (Å²) in [7, 11) is 0. The van der Waals surface area contributed by atoms with Gasteiger partial charge in [-0.2, -0.15) is 0 Å². The molecule has 0 saturated carbocycles. The van der Waals surface area contributed by atoms with Gasteiger partial charge < -0.3 is 15.0 Å². The summed E-state index contributed by atoms with van der Waals surface area (Å²) in [6, 6.07) is 10.3. The molecule has 0 radical (unpaired) electrons. The average Bonchev–Trinajstić information content (AvgIpc) is 3.02. The molecule has 4 nitrogen and oxygen atoms in total. The molecule has 0 amide bonds. The average molecular weight is 314 g/mol. The van der Waals surface area contributed by atoms with E-state index in [0.717, 1.165) is 40.9 Å². The van der Waals surface area contributed by atoms with Crippen molar-refractivity contribution in [2.24, 2.45) is 0 Å². The maximum absolute atomic E-state index is 6.31. The van der Waals surface area contributed by atoms with Gasteiger partial charge in [0.05, 0.1) is 24.9 Å². The number of rotatable bonds is 2. The van der Waals surface area contributed by atoms with Gasteiger partial charge in [0.15, 0.2) is 0 Å². The molecule has 3 heterocycles. The molecule has 3 aromatic rings. The highest BCUT2D eigenvalue weighted by molar-refractivity contribution is 6.31. The third-order valence-corrected chi connectivity index (χ3v) is 4.19. The largest absolute Gasteiger partial charge is 0.378 e. The molecule has 1 atom stereocenters. The normalized spacial score (nSPS) is 18.7. The molecule has 4 rings (SSSR count). The minimum absolute atomic E-state index is 0.181. The minimum Gasteiger partial charge on any atom is -0.378 e. The van der Waals surface area contributed by atoms with Crippen LogP contribution in [0.25, 0.3) is 22.2 Å². The number of H-pyrrole nitrogens is 1. The number of nitrogens with one attached hydrogen (secondary N) is 2. The second-order valence-corrected chi connectivity index (χ2v) is 5.93. The summed E-state index contributed by atoms with van der Waals surface area (Å²) in [5.41, 5.74) is 4.14. The van der Waals surface area contributed by atoms with Crippen LogP contribution in [0.1, 0.15) is 11.6 Å².